The van der Waals surface area contributed by atoms with E-state index >= 15 is 0 Å². The summed E-state index contributed by atoms with van der Waals surface area (Å²) in [5, 5.41) is 8.77. The molecular weight excluding hydrogens is 192 g/mol. The Kier molecular flexibility index (Phi) is 2.34. The lowest BCUT2D eigenvalue weighted by molar-refractivity contribution is -0.142. The summed E-state index contributed by atoms with van der Waals surface area (Å²) in [4.78, 5) is 17.0. The molecule has 0 spiro atoms. The lowest BCUT2D eigenvalue weighted by atomic mass is 9.99. The Hall–Kier alpha value is -1.58. The van der Waals surface area contributed by atoms with Gasteiger partial charge in [-0.15, -0.1) is 0 Å². The Morgan fingerprint density at radius 2 is 1.93 bits per heavy atom. The van der Waals surface area contributed by atoms with Crippen molar-refractivity contribution in [1.29, 1.82) is 0 Å². The van der Waals surface area contributed by atoms with Crippen LogP contribution in [0.15, 0.2) is 12.1 Å². The smallest absolute Gasteiger partial charge is 0.310 e. The number of aliphatic carboxylic acids is 1. The minimum Gasteiger partial charge on any atom is -0.481 e. The molecule has 80 valence electrons. The van der Waals surface area contributed by atoms with E-state index in [4.69, 9.17) is 5.11 Å². The first-order valence-corrected chi connectivity index (χ1v) is 4.99. The van der Waals surface area contributed by atoms with Crippen molar-refractivity contribution in [3.05, 3.63) is 23.5 Å². The fourth-order valence-corrected chi connectivity index (χ4v) is 1.84. The van der Waals surface area contributed by atoms with Crippen LogP contribution in [0.2, 0.25) is 0 Å². The molecule has 1 saturated heterocycles. The van der Waals surface area contributed by atoms with Crippen molar-refractivity contribution in [3.63, 3.8) is 0 Å². The highest BCUT2D eigenvalue weighted by molar-refractivity contribution is 5.74. The summed E-state index contributed by atoms with van der Waals surface area (Å²) in [6, 6.07) is 3.98. The fourth-order valence-electron chi connectivity index (χ4n) is 1.84. The summed E-state index contributed by atoms with van der Waals surface area (Å²) >= 11 is 0. The molecule has 0 radical (unpaired) electrons. The zero-order valence-electron chi connectivity index (χ0n) is 8.90. The zero-order valence-corrected chi connectivity index (χ0v) is 8.90. The van der Waals surface area contributed by atoms with Gasteiger partial charge in [0.2, 0.25) is 0 Å². The first kappa shape index (κ1) is 9.96. The molecular formula is C11H14N2O2. The average molecular weight is 206 g/mol. The number of nitrogens with zero attached hydrogens (tertiary/aromatic N) is 2. The number of hydrogen-bond acceptors (Lipinski definition) is 3. The Morgan fingerprint density at radius 3 is 2.40 bits per heavy atom. The largest absolute Gasteiger partial charge is 0.481 e. The van der Waals surface area contributed by atoms with Crippen molar-refractivity contribution in [3.8, 4) is 0 Å². The van der Waals surface area contributed by atoms with Crippen LogP contribution in [-0.4, -0.2) is 29.1 Å². The molecule has 4 heteroatoms. The predicted molar refractivity (Wildman–Crippen MR) is 57.0 cm³/mol. The molecule has 0 aromatic carbocycles. The molecule has 15 heavy (non-hydrogen) atoms. The molecule has 0 amide bonds. The summed E-state index contributed by atoms with van der Waals surface area (Å²) in [7, 11) is 0. The number of pyridine rings is 1. The van der Waals surface area contributed by atoms with Crippen LogP contribution in [0, 0.1) is 19.8 Å². The topological polar surface area (TPSA) is 53.4 Å². The number of carboxylic acids is 1. The number of aryl methyl sites for hydroxylation is 2. The standard InChI is InChI=1S/C11H14N2O2/c1-7-3-10(4-8(2)12-7)13-5-9(6-13)11(14)15/h3-4,9H,5-6H2,1-2H3,(H,14,15). The number of anilines is 1. The maximum atomic E-state index is 10.7. The molecule has 1 aromatic rings. The fraction of sp³-hybridized carbons (Fsp3) is 0.455. The summed E-state index contributed by atoms with van der Waals surface area (Å²) in [5.74, 6) is -0.910. The molecule has 1 aromatic heterocycles. The second-order valence-electron chi connectivity index (χ2n) is 4.05. The van der Waals surface area contributed by atoms with Gasteiger partial charge < -0.3 is 10.0 Å². The van der Waals surface area contributed by atoms with Crippen molar-refractivity contribution < 1.29 is 9.90 Å². The number of carbonyl (C=O) groups is 1. The van der Waals surface area contributed by atoms with Crippen molar-refractivity contribution in [2.75, 3.05) is 18.0 Å². The zero-order chi connectivity index (χ0) is 11.0. The highest BCUT2D eigenvalue weighted by Crippen LogP contribution is 2.25. The van der Waals surface area contributed by atoms with Crippen LogP contribution in [0.4, 0.5) is 5.69 Å². The summed E-state index contributed by atoms with van der Waals surface area (Å²) in [6.45, 7) is 5.12. The third-order valence-electron chi connectivity index (χ3n) is 2.66. The quantitative estimate of drug-likeness (QED) is 0.790. The highest BCUT2D eigenvalue weighted by atomic mass is 16.4. The Labute approximate surface area is 88.6 Å². The maximum absolute atomic E-state index is 10.7. The molecule has 1 aliphatic rings. The Bertz CT molecular complexity index is 377. The van der Waals surface area contributed by atoms with E-state index in [1.807, 2.05) is 26.0 Å². The molecule has 1 fully saturated rings. The van der Waals surface area contributed by atoms with Crippen molar-refractivity contribution >= 4 is 11.7 Å². The van der Waals surface area contributed by atoms with Crippen LogP contribution in [-0.2, 0) is 4.79 Å². The van der Waals surface area contributed by atoms with E-state index in [0.29, 0.717) is 13.1 Å². The van der Waals surface area contributed by atoms with Crippen LogP contribution in [0.5, 0.6) is 0 Å². The third-order valence-corrected chi connectivity index (χ3v) is 2.66. The van der Waals surface area contributed by atoms with E-state index in [-0.39, 0.29) is 5.92 Å². The molecule has 1 N–H and O–H groups in total. The van der Waals surface area contributed by atoms with Crippen LogP contribution >= 0.6 is 0 Å². The predicted octanol–water partition coefficient (Wildman–Crippen LogP) is 1.22. The summed E-state index contributed by atoms with van der Waals surface area (Å²) < 4.78 is 0. The van der Waals surface area contributed by atoms with Crippen LogP contribution in [0.25, 0.3) is 0 Å². The highest BCUT2D eigenvalue weighted by Gasteiger charge is 2.32. The van der Waals surface area contributed by atoms with Gasteiger partial charge in [0.05, 0.1) is 5.92 Å². The van der Waals surface area contributed by atoms with Crippen LogP contribution in [0.1, 0.15) is 11.4 Å². The van der Waals surface area contributed by atoms with E-state index in [1.54, 1.807) is 0 Å². The van der Waals surface area contributed by atoms with E-state index in [2.05, 4.69) is 9.88 Å². The minimum atomic E-state index is -0.700. The molecule has 4 nitrogen and oxygen atoms in total. The molecule has 0 bridgehead atoms. The van der Waals surface area contributed by atoms with Gasteiger partial charge in [0, 0.05) is 30.2 Å². The number of hydrogen-bond donors (Lipinski definition) is 1. The van der Waals surface area contributed by atoms with Gasteiger partial charge in [-0.05, 0) is 26.0 Å². The van der Waals surface area contributed by atoms with Crippen LogP contribution in [0.3, 0.4) is 0 Å². The molecule has 0 aliphatic carbocycles. The Morgan fingerprint density at radius 1 is 1.40 bits per heavy atom. The number of rotatable bonds is 2. The van der Waals surface area contributed by atoms with Gasteiger partial charge >= 0.3 is 5.97 Å². The Balaban J connectivity index is 2.10. The molecule has 2 rings (SSSR count). The van der Waals surface area contributed by atoms with E-state index in [1.165, 1.54) is 0 Å². The maximum Gasteiger partial charge on any atom is 0.310 e. The van der Waals surface area contributed by atoms with Crippen LogP contribution < -0.4 is 4.90 Å². The van der Waals surface area contributed by atoms with Crippen molar-refractivity contribution in [2.45, 2.75) is 13.8 Å². The van der Waals surface area contributed by atoms with Gasteiger partial charge in [0.25, 0.3) is 0 Å². The van der Waals surface area contributed by atoms with Gasteiger partial charge in [0.1, 0.15) is 0 Å². The lowest BCUT2D eigenvalue weighted by Gasteiger charge is -2.38. The third kappa shape index (κ3) is 1.93. The second-order valence-corrected chi connectivity index (χ2v) is 4.05. The van der Waals surface area contributed by atoms with E-state index in [9.17, 15) is 4.79 Å². The van der Waals surface area contributed by atoms with Gasteiger partial charge in [-0.2, -0.15) is 0 Å². The molecule has 2 heterocycles. The van der Waals surface area contributed by atoms with Gasteiger partial charge in [-0.3, -0.25) is 9.78 Å². The monoisotopic (exact) mass is 206 g/mol. The SMILES string of the molecule is Cc1cc(N2CC(C(=O)O)C2)cc(C)n1. The number of carboxylic acid groups (broad SMARTS) is 1. The average Bonchev–Trinajstić information content (AvgIpc) is 1.97. The minimum absolute atomic E-state index is 0.209. The first-order valence-electron chi connectivity index (χ1n) is 4.99. The van der Waals surface area contributed by atoms with E-state index < -0.39 is 5.97 Å². The van der Waals surface area contributed by atoms with Gasteiger partial charge in [-0.25, -0.2) is 0 Å². The normalized spacial score (nSPS) is 16.3. The molecule has 0 unspecified atom stereocenters. The molecule has 0 atom stereocenters. The lowest BCUT2D eigenvalue weighted by Crippen LogP contribution is -2.50. The van der Waals surface area contributed by atoms with Crippen molar-refractivity contribution in [1.82, 2.24) is 4.98 Å². The number of aromatic nitrogens is 1. The first-order chi connectivity index (χ1) is 7.06. The summed E-state index contributed by atoms with van der Waals surface area (Å²) in [5.41, 5.74) is 3.03. The molecule has 1 aliphatic heterocycles. The summed E-state index contributed by atoms with van der Waals surface area (Å²) in [6.07, 6.45) is 0. The van der Waals surface area contributed by atoms with Gasteiger partial charge in [-0.1, -0.05) is 0 Å². The van der Waals surface area contributed by atoms with Crippen molar-refractivity contribution in [2.24, 2.45) is 5.92 Å². The second kappa shape index (κ2) is 3.53. The van der Waals surface area contributed by atoms with Gasteiger partial charge in [0.15, 0.2) is 0 Å². The van der Waals surface area contributed by atoms with E-state index in [0.717, 1.165) is 17.1 Å². The molecule has 0 saturated carbocycles.